The fourth-order valence-corrected chi connectivity index (χ4v) is 4.78. The average molecular weight is 500 g/mol. The van der Waals surface area contributed by atoms with Gasteiger partial charge in [0.25, 0.3) is 11.5 Å². The van der Waals surface area contributed by atoms with E-state index in [4.69, 9.17) is 11.6 Å². The van der Waals surface area contributed by atoms with Gasteiger partial charge in [-0.25, -0.2) is 0 Å². The molecule has 182 valence electrons. The van der Waals surface area contributed by atoms with Gasteiger partial charge >= 0.3 is 0 Å². The lowest BCUT2D eigenvalue weighted by atomic mass is 10.1. The SMILES string of the molecule is N.N#Cc1c(N2CCN(C(=O)c3ccc(Cl)cc3)CC2)c2ccccc2n(Cc2ccccc2)c1=O. The van der Waals surface area contributed by atoms with Crippen molar-refractivity contribution in [3.05, 3.63) is 111 Å². The minimum Gasteiger partial charge on any atom is -0.366 e. The highest BCUT2D eigenvalue weighted by Gasteiger charge is 2.27. The fourth-order valence-electron chi connectivity index (χ4n) is 4.65. The van der Waals surface area contributed by atoms with E-state index in [9.17, 15) is 14.9 Å². The van der Waals surface area contributed by atoms with Crippen LogP contribution in [0.3, 0.4) is 0 Å². The van der Waals surface area contributed by atoms with Gasteiger partial charge in [0, 0.05) is 42.2 Å². The molecule has 3 aromatic carbocycles. The van der Waals surface area contributed by atoms with Crippen molar-refractivity contribution >= 4 is 34.1 Å². The number of aromatic nitrogens is 1. The van der Waals surface area contributed by atoms with Gasteiger partial charge in [-0.3, -0.25) is 9.59 Å². The molecule has 8 heteroatoms. The Kier molecular flexibility index (Phi) is 7.39. The van der Waals surface area contributed by atoms with E-state index in [1.54, 1.807) is 33.7 Å². The standard InChI is InChI=1S/C28H23ClN4O2.H3N/c29-22-12-10-21(11-13-22)27(34)32-16-14-31(15-17-32)26-23-8-4-5-9-25(23)33(28(35)24(26)18-30)19-20-6-2-1-3-7-20;/h1-13H,14-17,19H2;1H3. The summed E-state index contributed by atoms with van der Waals surface area (Å²) in [6.45, 7) is 2.43. The average Bonchev–Trinajstić information content (AvgIpc) is 2.90. The zero-order chi connectivity index (χ0) is 24.4. The molecule has 0 aliphatic carbocycles. The highest BCUT2D eigenvalue weighted by atomic mass is 35.5. The van der Waals surface area contributed by atoms with E-state index in [0.717, 1.165) is 16.5 Å². The third-order valence-electron chi connectivity index (χ3n) is 6.42. The summed E-state index contributed by atoms with van der Waals surface area (Å²) in [7, 11) is 0. The maximum absolute atomic E-state index is 13.5. The fraction of sp³-hybridized carbons (Fsp3) is 0.179. The van der Waals surface area contributed by atoms with E-state index in [2.05, 4.69) is 11.0 Å². The Bertz CT molecular complexity index is 1490. The van der Waals surface area contributed by atoms with Crippen molar-refractivity contribution in [2.45, 2.75) is 6.54 Å². The summed E-state index contributed by atoms with van der Waals surface area (Å²) >= 11 is 5.95. The number of fused-ring (bicyclic) bond motifs is 1. The Hall–Kier alpha value is -4.12. The highest BCUT2D eigenvalue weighted by Crippen LogP contribution is 2.30. The van der Waals surface area contributed by atoms with Gasteiger partial charge in [-0.15, -0.1) is 0 Å². The molecule has 7 nitrogen and oxygen atoms in total. The minimum atomic E-state index is -0.301. The Labute approximate surface area is 214 Å². The van der Waals surface area contributed by atoms with Crippen LogP contribution in [0.1, 0.15) is 21.5 Å². The van der Waals surface area contributed by atoms with Gasteiger partial charge in [-0.2, -0.15) is 5.26 Å². The lowest BCUT2D eigenvalue weighted by Crippen LogP contribution is -2.49. The van der Waals surface area contributed by atoms with Crippen LogP contribution in [0, 0.1) is 11.3 Å². The zero-order valence-electron chi connectivity index (χ0n) is 19.7. The lowest BCUT2D eigenvalue weighted by Gasteiger charge is -2.37. The van der Waals surface area contributed by atoms with Crippen molar-refractivity contribution < 1.29 is 4.79 Å². The zero-order valence-corrected chi connectivity index (χ0v) is 20.5. The van der Waals surface area contributed by atoms with Gasteiger partial charge in [-0.1, -0.05) is 60.1 Å². The smallest absolute Gasteiger partial charge is 0.271 e. The number of piperazine rings is 1. The van der Waals surface area contributed by atoms with Crippen LogP contribution in [0.15, 0.2) is 83.7 Å². The summed E-state index contributed by atoms with van der Waals surface area (Å²) in [6.07, 6.45) is 0. The molecule has 1 saturated heterocycles. The van der Waals surface area contributed by atoms with Crippen LogP contribution in [0.2, 0.25) is 5.02 Å². The number of hydrogen-bond acceptors (Lipinski definition) is 5. The van der Waals surface area contributed by atoms with Crippen molar-refractivity contribution in [1.82, 2.24) is 15.6 Å². The Morgan fingerprint density at radius 2 is 1.53 bits per heavy atom. The molecular weight excluding hydrogens is 474 g/mol. The van der Waals surface area contributed by atoms with Gasteiger partial charge in [0.2, 0.25) is 0 Å². The molecule has 1 aliphatic rings. The molecule has 36 heavy (non-hydrogen) atoms. The normalized spacial score (nSPS) is 13.2. The van der Waals surface area contributed by atoms with E-state index in [0.29, 0.717) is 49.0 Å². The van der Waals surface area contributed by atoms with Crippen molar-refractivity contribution in [3.8, 4) is 6.07 Å². The molecule has 4 aromatic rings. The van der Waals surface area contributed by atoms with Gasteiger partial charge in [0.1, 0.15) is 11.6 Å². The Morgan fingerprint density at radius 1 is 0.889 bits per heavy atom. The minimum absolute atomic E-state index is 0. The first kappa shape index (κ1) is 25.0. The van der Waals surface area contributed by atoms with Crippen LogP contribution >= 0.6 is 11.6 Å². The number of benzene rings is 3. The molecule has 0 atom stereocenters. The number of rotatable bonds is 4. The summed E-state index contributed by atoms with van der Waals surface area (Å²) < 4.78 is 1.67. The second kappa shape index (κ2) is 10.6. The predicted octanol–water partition coefficient (Wildman–Crippen LogP) is 4.70. The van der Waals surface area contributed by atoms with Crippen LogP contribution in [-0.4, -0.2) is 41.6 Å². The molecule has 1 aliphatic heterocycles. The first-order valence-corrected chi connectivity index (χ1v) is 11.8. The van der Waals surface area contributed by atoms with Crippen LogP contribution in [0.4, 0.5) is 5.69 Å². The molecule has 0 saturated carbocycles. The van der Waals surface area contributed by atoms with Crippen LogP contribution in [0.5, 0.6) is 0 Å². The molecular formula is C28H26ClN5O2. The van der Waals surface area contributed by atoms with Gasteiger partial charge in [0.15, 0.2) is 0 Å². The molecule has 0 bridgehead atoms. The molecule has 2 heterocycles. The second-order valence-corrected chi connectivity index (χ2v) is 8.95. The maximum atomic E-state index is 13.5. The second-order valence-electron chi connectivity index (χ2n) is 8.52. The molecule has 0 radical (unpaired) electrons. The topological polar surface area (TPSA) is 104 Å². The van der Waals surface area contributed by atoms with Crippen LogP contribution < -0.4 is 16.6 Å². The van der Waals surface area contributed by atoms with Gasteiger partial charge in [-0.05, 0) is 35.9 Å². The third kappa shape index (κ3) is 4.69. The number of halogens is 1. The summed E-state index contributed by atoms with van der Waals surface area (Å²) in [4.78, 5) is 30.3. The number of amides is 1. The molecule has 0 unspecified atom stereocenters. The predicted molar refractivity (Wildman–Crippen MR) is 143 cm³/mol. The lowest BCUT2D eigenvalue weighted by molar-refractivity contribution is 0.0747. The van der Waals surface area contributed by atoms with E-state index in [1.165, 1.54) is 0 Å². The number of pyridine rings is 1. The molecule has 1 amide bonds. The monoisotopic (exact) mass is 499 g/mol. The first-order chi connectivity index (χ1) is 17.1. The summed E-state index contributed by atoms with van der Waals surface area (Å²) in [5, 5.41) is 11.5. The van der Waals surface area contributed by atoms with Crippen LogP contribution in [-0.2, 0) is 6.54 Å². The Balaban J connectivity index is 0.00000304. The number of carbonyl (C=O) groups excluding carboxylic acids is 1. The molecule has 5 rings (SSSR count). The molecule has 0 spiro atoms. The number of hydrogen-bond donors (Lipinski definition) is 1. The van der Waals surface area contributed by atoms with Crippen molar-refractivity contribution in [3.63, 3.8) is 0 Å². The number of anilines is 1. The third-order valence-corrected chi connectivity index (χ3v) is 6.67. The van der Waals surface area contributed by atoms with E-state index in [-0.39, 0.29) is 23.2 Å². The summed E-state index contributed by atoms with van der Waals surface area (Å²) in [5.74, 6) is -0.0510. The number of para-hydroxylation sites is 1. The van der Waals surface area contributed by atoms with Gasteiger partial charge < -0.3 is 20.5 Å². The van der Waals surface area contributed by atoms with Crippen molar-refractivity contribution in [1.29, 1.82) is 5.26 Å². The summed E-state index contributed by atoms with van der Waals surface area (Å²) in [5.41, 5.74) is 2.85. The maximum Gasteiger partial charge on any atom is 0.271 e. The van der Waals surface area contributed by atoms with Crippen molar-refractivity contribution in [2.24, 2.45) is 0 Å². The number of carbonyl (C=O) groups is 1. The van der Waals surface area contributed by atoms with E-state index in [1.807, 2.05) is 54.6 Å². The van der Waals surface area contributed by atoms with Gasteiger partial charge in [0.05, 0.1) is 17.7 Å². The molecule has 1 fully saturated rings. The number of nitrogens with zero attached hydrogens (tertiary/aromatic N) is 4. The van der Waals surface area contributed by atoms with E-state index >= 15 is 0 Å². The quantitative estimate of drug-likeness (QED) is 0.438. The Morgan fingerprint density at radius 3 is 2.19 bits per heavy atom. The first-order valence-electron chi connectivity index (χ1n) is 11.5. The molecule has 3 N–H and O–H groups in total. The molecule has 1 aromatic heterocycles. The largest absolute Gasteiger partial charge is 0.366 e. The van der Waals surface area contributed by atoms with E-state index < -0.39 is 0 Å². The summed E-state index contributed by atoms with van der Waals surface area (Å²) in [6, 6.07) is 26.5. The number of nitriles is 1. The van der Waals surface area contributed by atoms with Crippen molar-refractivity contribution in [2.75, 3.05) is 31.1 Å². The highest BCUT2D eigenvalue weighted by molar-refractivity contribution is 6.30. The van der Waals surface area contributed by atoms with Crippen LogP contribution in [0.25, 0.3) is 10.9 Å².